The Hall–Kier alpha value is -3.74. The van der Waals surface area contributed by atoms with Gasteiger partial charge in [0, 0.05) is 5.39 Å². The Morgan fingerprint density at radius 2 is 1.70 bits per heavy atom. The zero-order valence-electron chi connectivity index (χ0n) is 14.5. The normalized spacial score (nSPS) is 10.4. The summed E-state index contributed by atoms with van der Waals surface area (Å²) in [6.45, 7) is -0.436. The minimum absolute atomic E-state index is 0.0929. The van der Waals surface area contributed by atoms with E-state index in [1.54, 1.807) is 36.4 Å². The molecule has 0 radical (unpaired) electrons. The average molecular weight is 364 g/mol. The molecule has 0 spiro atoms. The van der Waals surface area contributed by atoms with Crippen LogP contribution in [0.5, 0.6) is 0 Å². The Morgan fingerprint density at radius 1 is 1.00 bits per heavy atom. The van der Waals surface area contributed by atoms with Crippen LogP contribution < -0.4 is 4.90 Å². The van der Waals surface area contributed by atoms with E-state index in [4.69, 9.17) is 0 Å². The molecule has 27 heavy (non-hydrogen) atoms. The second kappa shape index (κ2) is 7.65. The van der Waals surface area contributed by atoms with Crippen LogP contribution in [0.15, 0.2) is 60.7 Å². The number of fused-ring (bicyclic) bond motifs is 1. The van der Waals surface area contributed by atoms with Crippen LogP contribution in [0.25, 0.3) is 10.9 Å². The summed E-state index contributed by atoms with van der Waals surface area (Å²) in [5.74, 6) is -2.48. The van der Waals surface area contributed by atoms with E-state index >= 15 is 0 Å². The van der Waals surface area contributed by atoms with E-state index in [0.717, 1.165) is 10.3 Å². The third kappa shape index (κ3) is 3.77. The van der Waals surface area contributed by atoms with E-state index in [9.17, 15) is 19.5 Å². The molecule has 3 rings (SSSR count). The molecule has 0 unspecified atom stereocenters. The maximum absolute atomic E-state index is 13.1. The number of hydrogen-bond donors (Lipinski definition) is 1. The molecular formula is C20H16N2O5. The number of carboxylic acid groups (broad SMARTS) is 1. The predicted molar refractivity (Wildman–Crippen MR) is 98.8 cm³/mol. The van der Waals surface area contributed by atoms with Gasteiger partial charge in [0.25, 0.3) is 5.91 Å². The number of aromatic carboxylic acids is 1. The van der Waals surface area contributed by atoms with E-state index in [0.29, 0.717) is 5.52 Å². The Labute approximate surface area is 154 Å². The molecule has 1 amide bonds. The summed E-state index contributed by atoms with van der Waals surface area (Å²) >= 11 is 0. The highest BCUT2D eigenvalue weighted by molar-refractivity contribution is 6.11. The first kappa shape index (κ1) is 18.1. The second-order valence-electron chi connectivity index (χ2n) is 5.68. The SMILES string of the molecule is COC(=O)CN(C(=O)c1ccc2ccccc2n1)c1ccccc1C(=O)O. The molecule has 7 heteroatoms. The Balaban J connectivity index is 2.08. The van der Waals surface area contributed by atoms with Gasteiger partial charge in [0.2, 0.25) is 0 Å². The summed E-state index contributed by atoms with van der Waals surface area (Å²) in [5.41, 5.74) is 0.705. The van der Waals surface area contributed by atoms with Gasteiger partial charge in [0.15, 0.2) is 0 Å². The van der Waals surface area contributed by atoms with Crippen LogP contribution in [-0.4, -0.2) is 41.6 Å². The minimum Gasteiger partial charge on any atom is -0.478 e. The molecule has 1 heterocycles. The number of pyridine rings is 1. The molecule has 0 atom stereocenters. The van der Waals surface area contributed by atoms with Gasteiger partial charge in [-0.3, -0.25) is 14.5 Å². The van der Waals surface area contributed by atoms with Gasteiger partial charge in [-0.25, -0.2) is 9.78 Å². The van der Waals surface area contributed by atoms with Crippen molar-refractivity contribution in [2.24, 2.45) is 0 Å². The zero-order chi connectivity index (χ0) is 19.4. The van der Waals surface area contributed by atoms with Crippen molar-refractivity contribution in [1.29, 1.82) is 0 Å². The van der Waals surface area contributed by atoms with Crippen LogP contribution in [0.3, 0.4) is 0 Å². The number of hydrogen-bond acceptors (Lipinski definition) is 5. The third-order valence-corrected chi connectivity index (χ3v) is 4.00. The van der Waals surface area contributed by atoms with Crippen molar-refractivity contribution in [2.75, 3.05) is 18.6 Å². The van der Waals surface area contributed by atoms with Gasteiger partial charge in [-0.15, -0.1) is 0 Å². The monoisotopic (exact) mass is 364 g/mol. The summed E-state index contributed by atoms with van der Waals surface area (Å²) in [6, 6.07) is 16.5. The third-order valence-electron chi connectivity index (χ3n) is 4.00. The molecule has 1 aromatic heterocycles. The van der Waals surface area contributed by atoms with Crippen LogP contribution >= 0.6 is 0 Å². The van der Waals surface area contributed by atoms with E-state index in [1.165, 1.54) is 19.2 Å². The first-order valence-electron chi connectivity index (χ1n) is 8.08. The average Bonchev–Trinajstić information content (AvgIpc) is 2.70. The van der Waals surface area contributed by atoms with Crippen LogP contribution in [-0.2, 0) is 9.53 Å². The lowest BCUT2D eigenvalue weighted by molar-refractivity contribution is -0.138. The number of carboxylic acids is 1. The highest BCUT2D eigenvalue weighted by Crippen LogP contribution is 2.23. The summed E-state index contributed by atoms with van der Waals surface area (Å²) in [6.07, 6.45) is 0. The van der Waals surface area contributed by atoms with E-state index < -0.39 is 24.4 Å². The molecule has 0 aliphatic carbocycles. The molecule has 0 saturated heterocycles. The maximum atomic E-state index is 13.1. The van der Waals surface area contributed by atoms with Gasteiger partial charge < -0.3 is 9.84 Å². The van der Waals surface area contributed by atoms with Crippen molar-refractivity contribution in [3.05, 3.63) is 71.9 Å². The van der Waals surface area contributed by atoms with Gasteiger partial charge in [0.05, 0.1) is 23.9 Å². The number of carbonyl (C=O) groups is 3. The lowest BCUT2D eigenvalue weighted by Gasteiger charge is -2.23. The summed E-state index contributed by atoms with van der Waals surface area (Å²) in [4.78, 5) is 41.9. The fraction of sp³-hybridized carbons (Fsp3) is 0.100. The quantitative estimate of drug-likeness (QED) is 0.699. The number of anilines is 1. The number of methoxy groups -OCH3 is 1. The van der Waals surface area contributed by atoms with Crippen LogP contribution in [0.4, 0.5) is 5.69 Å². The molecule has 0 aliphatic heterocycles. The Kier molecular flexibility index (Phi) is 5.12. The van der Waals surface area contributed by atoms with Crippen molar-refractivity contribution in [3.63, 3.8) is 0 Å². The first-order chi connectivity index (χ1) is 13.0. The van der Waals surface area contributed by atoms with Crippen molar-refractivity contribution < 1.29 is 24.2 Å². The number of para-hydroxylation sites is 2. The number of ether oxygens (including phenoxy) is 1. The van der Waals surface area contributed by atoms with E-state index in [2.05, 4.69) is 9.72 Å². The largest absolute Gasteiger partial charge is 0.478 e. The molecule has 0 saturated carbocycles. The van der Waals surface area contributed by atoms with E-state index in [1.807, 2.05) is 12.1 Å². The summed E-state index contributed by atoms with van der Waals surface area (Å²) in [7, 11) is 1.20. The number of carbonyl (C=O) groups excluding carboxylic acids is 2. The zero-order valence-corrected chi connectivity index (χ0v) is 14.5. The lowest BCUT2D eigenvalue weighted by Crippen LogP contribution is -2.37. The number of esters is 1. The molecule has 0 fully saturated rings. The van der Waals surface area contributed by atoms with Crippen molar-refractivity contribution in [2.45, 2.75) is 0 Å². The van der Waals surface area contributed by atoms with Crippen LogP contribution in [0.2, 0.25) is 0 Å². The van der Waals surface area contributed by atoms with Crippen molar-refractivity contribution in [1.82, 2.24) is 4.98 Å². The number of nitrogens with zero attached hydrogens (tertiary/aromatic N) is 2. The topological polar surface area (TPSA) is 96.8 Å². The smallest absolute Gasteiger partial charge is 0.337 e. The molecule has 136 valence electrons. The first-order valence-corrected chi connectivity index (χ1v) is 8.08. The molecule has 7 nitrogen and oxygen atoms in total. The number of amides is 1. The number of benzene rings is 2. The van der Waals surface area contributed by atoms with Crippen LogP contribution in [0.1, 0.15) is 20.8 Å². The second-order valence-corrected chi connectivity index (χ2v) is 5.68. The predicted octanol–water partition coefficient (Wildman–Crippen LogP) is 2.75. The summed E-state index contributed by atoms with van der Waals surface area (Å²) < 4.78 is 4.66. The standard InChI is InChI=1S/C20H16N2O5/c1-27-18(23)12-22(17-9-5-3-7-14(17)20(25)26)19(24)16-11-10-13-6-2-4-8-15(13)21-16/h2-11H,12H2,1H3,(H,25,26). The van der Waals surface area contributed by atoms with Gasteiger partial charge in [-0.05, 0) is 24.3 Å². The maximum Gasteiger partial charge on any atom is 0.337 e. The number of rotatable bonds is 5. The minimum atomic E-state index is -1.21. The van der Waals surface area contributed by atoms with E-state index in [-0.39, 0.29) is 16.9 Å². The lowest BCUT2D eigenvalue weighted by atomic mass is 10.1. The highest BCUT2D eigenvalue weighted by Gasteiger charge is 2.26. The number of aromatic nitrogens is 1. The molecule has 2 aromatic carbocycles. The van der Waals surface area contributed by atoms with Crippen molar-refractivity contribution in [3.8, 4) is 0 Å². The van der Waals surface area contributed by atoms with Gasteiger partial charge in [-0.1, -0.05) is 36.4 Å². The van der Waals surface area contributed by atoms with Crippen LogP contribution in [0, 0.1) is 0 Å². The Morgan fingerprint density at radius 3 is 2.44 bits per heavy atom. The molecule has 0 bridgehead atoms. The fourth-order valence-corrected chi connectivity index (χ4v) is 2.67. The molecular weight excluding hydrogens is 348 g/mol. The van der Waals surface area contributed by atoms with Gasteiger partial charge in [-0.2, -0.15) is 0 Å². The fourth-order valence-electron chi connectivity index (χ4n) is 2.67. The highest BCUT2D eigenvalue weighted by atomic mass is 16.5. The van der Waals surface area contributed by atoms with Crippen molar-refractivity contribution >= 4 is 34.4 Å². The van der Waals surface area contributed by atoms with Gasteiger partial charge in [0.1, 0.15) is 12.2 Å². The molecule has 1 N–H and O–H groups in total. The van der Waals surface area contributed by atoms with Gasteiger partial charge >= 0.3 is 11.9 Å². The molecule has 3 aromatic rings. The Bertz CT molecular complexity index is 1030. The summed E-state index contributed by atoms with van der Waals surface area (Å²) in [5, 5.41) is 10.3. The molecule has 0 aliphatic rings.